The summed E-state index contributed by atoms with van der Waals surface area (Å²) in [6.45, 7) is 5.93. The van der Waals surface area contributed by atoms with E-state index in [0.717, 1.165) is 10.0 Å². The van der Waals surface area contributed by atoms with Crippen molar-refractivity contribution in [3.8, 4) is 0 Å². The Kier molecular flexibility index (Phi) is 6.01. The lowest BCUT2D eigenvalue weighted by atomic mass is 10.2. The molecule has 0 heterocycles. The Bertz CT molecular complexity index is 505. The van der Waals surface area contributed by atoms with Crippen molar-refractivity contribution in [1.29, 1.82) is 0 Å². The molecule has 110 valence electrons. The van der Waals surface area contributed by atoms with Gasteiger partial charge in [-0.25, -0.2) is 4.79 Å². The number of hydrogen-bond acceptors (Lipinski definition) is 2. The first kappa shape index (κ1) is 16.5. The number of carboxylic acids is 1. The molecule has 1 atom stereocenters. The third kappa shape index (κ3) is 4.52. The van der Waals surface area contributed by atoms with Gasteiger partial charge in [-0.2, -0.15) is 0 Å². The zero-order valence-electron chi connectivity index (χ0n) is 11.8. The average molecular weight is 343 g/mol. The maximum atomic E-state index is 12.2. The number of halogens is 1. The Morgan fingerprint density at radius 3 is 2.65 bits per heavy atom. The van der Waals surface area contributed by atoms with Gasteiger partial charge in [-0.15, -0.1) is 0 Å². The molecule has 0 radical (unpaired) electrons. The van der Waals surface area contributed by atoms with Crippen molar-refractivity contribution in [2.45, 2.75) is 33.2 Å². The lowest BCUT2D eigenvalue weighted by Gasteiger charge is -2.27. The molecule has 1 aromatic carbocycles. The summed E-state index contributed by atoms with van der Waals surface area (Å²) in [5.74, 6) is -0.916. The van der Waals surface area contributed by atoms with E-state index in [1.165, 1.54) is 4.90 Å². The Balaban J connectivity index is 2.82. The zero-order chi connectivity index (χ0) is 15.3. The summed E-state index contributed by atoms with van der Waals surface area (Å²) in [6.07, 6.45) is -0.0732. The summed E-state index contributed by atoms with van der Waals surface area (Å²) in [5.41, 5.74) is 1.71. The highest BCUT2D eigenvalue weighted by Gasteiger charge is 2.21. The minimum Gasteiger partial charge on any atom is -0.481 e. The lowest BCUT2D eigenvalue weighted by molar-refractivity contribution is -0.137. The van der Waals surface area contributed by atoms with Crippen LogP contribution in [0, 0.1) is 6.92 Å². The molecule has 0 aliphatic rings. The Morgan fingerprint density at radius 2 is 2.10 bits per heavy atom. The third-order valence-corrected chi connectivity index (χ3v) is 3.66. The Morgan fingerprint density at radius 1 is 1.45 bits per heavy atom. The smallest absolute Gasteiger partial charge is 0.322 e. The SMILES string of the molecule is CCN(C(=O)Nc1cc(C)ccc1Br)C(C)CC(=O)O. The fourth-order valence-electron chi connectivity index (χ4n) is 1.94. The summed E-state index contributed by atoms with van der Waals surface area (Å²) in [6, 6.07) is 5.00. The van der Waals surface area contributed by atoms with Crippen LogP contribution in [-0.4, -0.2) is 34.6 Å². The summed E-state index contributed by atoms with van der Waals surface area (Å²) < 4.78 is 0.790. The second kappa shape index (κ2) is 7.28. The number of aryl methyl sites for hydroxylation is 1. The molecule has 0 fully saturated rings. The number of carbonyl (C=O) groups is 2. The number of rotatable bonds is 5. The second-order valence-electron chi connectivity index (χ2n) is 4.65. The molecule has 1 rings (SSSR count). The Hall–Kier alpha value is -1.56. The highest BCUT2D eigenvalue weighted by molar-refractivity contribution is 9.10. The molecule has 0 saturated heterocycles. The van der Waals surface area contributed by atoms with Crippen molar-refractivity contribution >= 4 is 33.6 Å². The van der Waals surface area contributed by atoms with Crippen molar-refractivity contribution in [1.82, 2.24) is 4.90 Å². The molecular weight excluding hydrogens is 324 g/mol. The largest absolute Gasteiger partial charge is 0.481 e. The molecule has 2 N–H and O–H groups in total. The fraction of sp³-hybridized carbons (Fsp3) is 0.429. The molecule has 1 unspecified atom stereocenters. The zero-order valence-corrected chi connectivity index (χ0v) is 13.4. The van der Waals surface area contributed by atoms with Crippen LogP contribution in [0.1, 0.15) is 25.8 Å². The molecule has 0 bridgehead atoms. The van der Waals surface area contributed by atoms with Gasteiger partial charge in [-0.1, -0.05) is 6.07 Å². The van der Waals surface area contributed by atoms with Gasteiger partial charge in [0.25, 0.3) is 0 Å². The van der Waals surface area contributed by atoms with E-state index in [-0.39, 0.29) is 18.5 Å². The molecular formula is C14H19BrN2O3. The van der Waals surface area contributed by atoms with E-state index in [1.807, 2.05) is 32.0 Å². The number of benzene rings is 1. The minimum atomic E-state index is -0.916. The monoisotopic (exact) mass is 342 g/mol. The van der Waals surface area contributed by atoms with Crippen LogP contribution >= 0.6 is 15.9 Å². The molecule has 5 nitrogen and oxygen atoms in total. The highest BCUT2D eigenvalue weighted by Crippen LogP contribution is 2.24. The molecule has 6 heteroatoms. The molecule has 0 spiro atoms. The summed E-state index contributed by atoms with van der Waals surface area (Å²) in [4.78, 5) is 24.5. The van der Waals surface area contributed by atoms with Gasteiger partial charge in [0.15, 0.2) is 0 Å². The van der Waals surface area contributed by atoms with Gasteiger partial charge in [-0.05, 0) is 54.4 Å². The number of amides is 2. The van der Waals surface area contributed by atoms with Crippen LogP contribution in [0.15, 0.2) is 22.7 Å². The van der Waals surface area contributed by atoms with E-state index in [2.05, 4.69) is 21.2 Å². The first-order chi connectivity index (χ1) is 9.35. The topological polar surface area (TPSA) is 69.6 Å². The quantitative estimate of drug-likeness (QED) is 0.860. The van der Waals surface area contributed by atoms with Gasteiger partial charge < -0.3 is 15.3 Å². The van der Waals surface area contributed by atoms with Crippen LogP contribution in [0.3, 0.4) is 0 Å². The molecule has 0 aromatic heterocycles. The molecule has 20 heavy (non-hydrogen) atoms. The van der Waals surface area contributed by atoms with E-state index in [4.69, 9.17) is 5.11 Å². The predicted molar refractivity (Wildman–Crippen MR) is 82.0 cm³/mol. The lowest BCUT2D eigenvalue weighted by Crippen LogP contribution is -2.42. The number of nitrogens with one attached hydrogen (secondary N) is 1. The van der Waals surface area contributed by atoms with Crippen molar-refractivity contribution in [3.05, 3.63) is 28.2 Å². The predicted octanol–water partition coefficient (Wildman–Crippen LogP) is 3.47. The van der Waals surface area contributed by atoms with Gasteiger partial charge in [0.2, 0.25) is 0 Å². The molecule has 1 aromatic rings. The van der Waals surface area contributed by atoms with Gasteiger partial charge in [0.1, 0.15) is 0 Å². The summed E-state index contributed by atoms with van der Waals surface area (Å²) in [5, 5.41) is 11.6. The first-order valence-corrected chi connectivity index (χ1v) is 7.20. The number of carbonyl (C=O) groups excluding carboxylic acids is 1. The van der Waals surface area contributed by atoms with Gasteiger partial charge in [0.05, 0.1) is 12.1 Å². The molecule has 2 amide bonds. The molecule has 0 saturated carbocycles. The van der Waals surface area contributed by atoms with E-state index >= 15 is 0 Å². The summed E-state index contributed by atoms with van der Waals surface area (Å²) >= 11 is 3.38. The van der Waals surface area contributed by atoms with Crippen molar-refractivity contribution in [2.24, 2.45) is 0 Å². The van der Waals surface area contributed by atoms with E-state index in [9.17, 15) is 9.59 Å². The van der Waals surface area contributed by atoms with Crippen LogP contribution in [0.2, 0.25) is 0 Å². The van der Waals surface area contributed by atoms with Crippen molar-refractivity contribution in [2.75, 3.05) is 11.9 Å². The third-order valence-electron chi connectivity index (χ3n) is 2.97. The van der Waals surface area contributed by atoms with E-state index in [1.54, 1.807) is 6.92 Å². The number of nitrogens with zero attached hydrogens (tertiary/aromatic N) is 1. The van der Waals surface area contributed by atoms with Crippen LogP contribution in [0.5, 0.6) is 0 Å². The molecule has 0 aliphatic carbocycles. The van der Waals surface area contributed by atoms with Crippen LogP contribution < -0.4 is 5.32 Å². The van der Waals surface area contributed by atoms with Crippen LogP contribution in [0.25, 0.3) is 0 Å². The van der Waals surface area contributed by atoms with E-state index in [0.29, 0.717) is 12.2 Å². The van der Waals surface area contributed by atoms with Gasteiger partial charge in [0, 0.05) is 17.1 Å². The second-order valence-corrected chi connectivity index (χ2v) is 5.50. The highest BCUT2D eigenvalue weighted by atomic mass is 79.9. The average Bonchev–Trinajstić information content (AvgIpc) is 2.33. The van der Waals surface area contributed by atoms with Crippen molar-refractivity contribution in [3.63, 3.8) is 0 Å². The number of carboxylic acid groups (broad SMARTS) is 1. The van der Waals surface area contributed by atoms with Gasteiger partial charge >= 0.3 is 12.0 Å². The fourth-order valence-corrected chi connectivity index (χ4v) is 2.29. The first-order valence-electron chi connectivity index (χ1n) is 6.40. The minimum absolute atomic E-state index is 0.0732. The van der Waals surface area contributed by atoms with Gasteiger partial charge in [-0.3, -0.25) is 4.79 Å². The number of hydrogen-bond donors (Lipinski definition) is 2. The number of urea groups is 1. The van der Waals surface area contributed by atoms with Crippen molar-refractivity contribution < 1.29 is 14.7 Å². The maximum Gasteiger partial charge on any atom is 0.322 e. The van der Waals surface area contributed by atoms with Crippen LogP contribution in [-0.2, 0) is 4.79 Å². The standard InChI is InChI=1S/C14H19BrN2O3/c1-4-17(10(3)8-13(18)19)14(20)16-12-7-9(2)5-6-11(12)15/h5-7,10H,4,8H2,1-3H3,(H,16,20)(H,18,19). The number of anilines is 1. The molecule has 0 aliphatic heterocycles. The van der Waals surface area contributed by atoms with E-state index < -0.39 is 5.97 Å². The maximum absolute atomic E-state index is 12.2. The van der Waals surface area contributed by atoms with Crippen LogP contribution in [0.4, 0.5) is 10.5 Å². The summed E-state index contributed by atoms with van der Waals surface area (Å²) in [7, 11) is 0. The normalized spacial score (nSPS) is 11.8. The Labute approximate surface area is 127 Å². The number of aliphatic carboxylic acids is 1.